The predicted molar refractivity (Wildman–Crippen MR) is 90.1 cm³/mol. The molecule has 0 amide bonds. The van der Waals surface area contributed by atoms with Crippen LogP contribution in [0.1, 0.15) is 38.6 Å². The van der Waals surface area contributed by atoms with Crippen LogP contribution >= 0.6 is 11.8 Å². The minimum atomic E-state index is 0.468. The zero-order chi connectivity index (χ0) is 14.8. The third-order valence-corrected chi connectivity index (χ3v) is 5.49. The summed E-state index contributed by atoms with van der Waals surface area (Å²) in [7, 11) is 0. The second-order valence-electron chi connectivity index (χ2n) is 5.56. The number of hydrogen-bond acceptors (Lipinski definition) is 4. The van der Waals surface area contributed by atoms with Crippen LogP contribution in [0.4, 0.5) is 5.95 Å². The monoisotopic (exact) mass is 305 g/mol. The van der Waals surface area contributed by atoms with Gasteiger partial charge in [0.15, 0.2) is 0 Å². The molecule has 0 saturated heterocycles. The molecule has 1 saturated carbocycles. The van der Waals surface area contributed by atoms with E-state index in [0.717, 1.165) is 22.0 Å². The minimum Gasteiger partial charge on any atom is -0.492 e. The number of anilines is 1. The summed E-state index contributed by atoms with van der Waals surface area (Å²) in [5.74, 6) is 1.45. The molecule has 1 fully saturated rings. The van der Waals surface area contributed by atoms with E-state index in [4.69, 9.17) is 10.5 Å². The number of para-hydroxylation sites is 1. The van der Waals surface area contributed by atoms with Gasteiger partial charge in [-0.1, -0.05) is 6.07 Å². The first-order valence-electron chi connectivity index (χ1n) is 7.66. The Labute approximate surface area is 130 Å². The van der Waals surface area contributed by atoms with Crippen molar-refractivity contribution >= 4 is 28.7 Å². The van der Waals surface area contributed by atoms with Crippen LogP contribution in [0.3, 0.4) is 0 Å². The van der Waals surface area contributed by atoms with E-state index in [1.165, 1.54) is 25.7 Å². The number of rotatable bonds is 4. The van der Waals surface area contributed by atoms with Gasteiger partial charge in [-0.3, -0.25) is 0 Å². The molecule has 21 heavy (non-hydrogen) atoms. The number of fused-ring (bicyclic) bond motifs is 1. The van der Waals surface area contributed by atoms with Crippen molar-refractivity contribution in [3.8, 4) is 5.75 Å². The molecular weight excluding hydrogens is 282 g/mol. The van der Waals surface area contributed by atoms with Crippen LogP contribution in [0, 0.1) is 0 Å². The molecule has 0 unspecified atom stereocenters. The molecule has 3 rings (SSSR count). The maximum absolute atomic E-state index is 6.21. The molecule has 2 aromatic rings. The Balaban J connectivity index is 1.95. The fourth-order valence-corrected chi connectivity index (χ4v) is 4.05. The van der Waals surface area contributed by atoms with Crippen molar-refractivity contribution in [2.75, 3.05) is 18.6 Å². The van der Waals surface area contributed by atoms with E-state index in [1.807, 2.05) is 30.8 Å². The summed E-state index contributed by atoms with van der Waals surface area (Å²) in [5.41, 5.74) is 8.20. The second-order valence-corrected chi connectivity index (χ2v) is 6.70. The number of imidazole rings is 1. The summed E-state index contributed by atoms with van der Waals surface area (Å²) >= 11 is 1.99. The summed E-state index contributed by atoms with van der Waals surface area (Å²) in [6, 6.07) is 6.56. The van der Waals surface area contributed by atoms with Crippen molar-refractivity contribution in [3.05, 3.63) is 18.2 Å². The lowest BCUT2D eigenvalue weighted by molar-refractivity contribution is 0.343. The van der Waals surface area contributed by atoms with Gasteiger partial charge in [-0.05, 0) is 51.0 Å². The lowest BCUT2D eigenvalue weighted by Gasteiger charge is -2.29. The van der Waals surface area contributed by atoms with E-state index < -0.39 is 0 Å². The molecule has 1 aromatic heterocycles. The maximum Gasteiger partial charge on any atom is 0.201 e. The smallest absolute Gasteiger partial charge is 0.201 e. The third-order valence-electron chi connectivity index (χ3n) is 4.35. The minimum absolute atomic E-state index is 0.468. The first kappa shape index (κ1) is 14.6. The van der Waals surface area contributed by atoms with Gasteiger partial charge in [-0.15, -0.1) is 0 Å². The Morgan fingerprint density at radius 1 is 1.33 bits per heavy atom. The molecule has 5 heteroatoms. The van der Waals surface area contributed by atoms with E-state index >= 15 is 0 Å². The Morgan fingerprint density at radius 3 is 2.76 bits per heavy atom. The quantitative estimate of drug-likeness (QED) is 0.932. The SMILES string of the molecule is CCOc1cccc2c1nc(N)n2C1CCC(SC)CC1. The van der Waals surface area contributed by atoms with Gasteiger partial charge < -0.3 is 15.0 Å². The molecule has 0 radical (unpaired) electrons. The van der Waals surface area contributed by atoms with Gasteiger partial charge in [0.1, 0.15) is 11.3 Å². The van der Waals surface area contributed by atoms with Gasteiger partial charge in [-0.25, -0.2) is 4.98 Å². The van der Waals surface area contributed by atoms with Crippen molar-refractivity contribution in [1.29, 1.82) is 0 Å². The average Bonchev–Trinajstić information content (AvgIpc) is 2.85. The van der Waals surface area contributed by atoms with E-state index in [9.17, 15) is 0 Å². The molecule has 1 aliphatic rings. The Morgan fingerprint density at radius 2 is 2.10 bits per heavy atom. The first-order valence-corrected chi connectivity index (χ1v) is 8.95. The van der Waals surface area contributed by atoms with E-state index in [1.54, 1.807) is 0 Å². The van der Waals surface area contributed by atoms with Crippen molar-refractivity contribution in [1.82, 2.24) is 9.55 Å². The molecule has 0 atom stereocenters. The number of ether oxygens (including phenoxy) is 1. The van der Waals surface area contributed by atoms with E-state index in [-0.39, 0.29) is 0 Å². The summed E-state index contributed by atoms with van der Waals surface area (Å²) in [6.45, 7) is 2.63. The van der Waals surface area contributed by atoms with Crippen molar-refractivity contribution in [3.63, 3.8) is 0 Å². The van der Waals surface area contributed by atoms with Crippen LogP contribution in [-0.2, 0) is 0 Å². The topological polar surface area (TPSA) is 53.1 Å². The summed E-state index contributed by atoms with van der Waals surface area (Å²) in [5, 5.41) is 0.802. The number of aromatic nitrogens is 2. The molecule has 114 valence electrons. The van der Waals surface area contributed by atoms with Crippen molar-refractivity contribution in [2.24, 2.45) is 0 Å². The number of hydrogen-bond donors (Lipinski definition) is 1. The van der Waals surface area contributed by atoms with Gasteiger partial charge in [0.05, 0.1) is 12.1 Å². The first-order chi connectivity index (χ1) is 10.2. The number of benzene rings is 1. The fraction of sp³-hybridized carbons (Fsp3) is 0.562. The highest BCUT2D eigenvalue weighted by molar-refractivity contribution is 7.99. The predicted octanol–water partition coefficient (Wildman–Crippen LogP) is 3.86. The van der Waals surface area contributed by atoms with Gasteiger partial charge >= 0.3 is 0 Å². The Hall–Kier alpha value is -1.36. The number of nitrogens with two attached hydrogens (primary N) is 1. The van der Waals surface area contributed by atoms with Crippen LogP contribution in [0.25, 0.3) is 11.0 Å². The Kier molecular flexibility index (Phi) is 4.29. The van der Waals surface area contributed by atoms with Crippen molar-refractivity contribution < 1.29 is 4.74 Å². The highest BCUT2D eigenvalue weighted by Crippen LogP contribution is 2.38. The number of nitrogens with zero attached hydrogens (tertiary/aromatic N) is 2. The molecule has 1 aromatic carbocycles. The number of thioether (sulfide) groups is 1. The Bertz CT molecular complexity index is 617. The second kappa shape index (κ2) is 6.18. The zero-order valence-electron chi connectivity index (χ0n) is 12.7. The zero-order valence-corrected chi connectivity index (χ0v) is 13.5. The van der Waals surface area contributed by atoms with Gasteiger partial charge in [0, 0.05) is 11.3 Å². The van der Waals surface area contributed by atoms with Crippen LogP contribution in [0.15, 0.2) is 18.2 Å². The molecule has 0 spiro atoms. The highest BCUT2D eigenvalue weighted by Gasteiger charge is 2.25. The number of nitrogen functional groups attached to an aromatic ring is 1. The summed E-state index contributed by atoms with van der Waals surface area (Å²) < 4.78 is 7.89. The van der Waals surface area contributed by atoms with Crippen molar-refractivity contribution in [2.45, 2.75) is 43.9 Å². The molecule has 1 heterocycles. The lowest BCUT2D eigenvalue weighted by Crippen LogP contribution is -2.20. The molecule has 1 aliphatic carbocycles. The lowest BCUT2D eigenvalue weighted by atomic mass is 9.94. The molecule has 4 nitrogen and oxygen atoms in total. The standard InChI is InChI=1S/C16H23N3OS/c1-3-20-14-6-4-5-13-15(14)18-16(17)19(13)11-7-9-12(21-2)10-8-11/h4-6,11-12H,3,7-10H2,1-2H3,(H2,17,18). The van der Waals surface area contributed by atoms with Gasteiger partial charge in [0.2, 0.25) is 5.95 Å². The third kappa shape index (κ3) is 2.71. The van der Waals surface area contributed by atoms with Gasteiger partial charge in [0.25, 0.3) is 0 Å². The summed E-state index contributed by atoms with van der Waals surface area (Å²) in [4.78, 5) is 4.56. The van der Waals surface area contributed by atoms with Gasteiger partial charge in [-0.2, -0.15) is 11.8 Å². The van der Waals surface area contributed by atoms with Crippen LogP contribution in [0.5, 0.6) is 5.75 Å². The largest absolute Gasteiger partial charge is 0.492 e. The summed E-state index contributed by atoms with van der Waals surface area (Å²) in [6.07, 6.45) is 7.09. The molecular formula is C16H23N3OS. The average molecular weight is 305 g/mol. The van der Waals surface area contributed by atoms with Crippen LogP contribution < -0.4 is 10.5 Å². The molecule has 2 N–H and O–H groups in total. The van der Waals surface area contributed by atoms with Crippen LogP contribution in [0.2, 0.25) is 0 Å². The molecule has 0 aliphatic heterocycles. The van der Waals surface area contributed by atoms with E-state index in [2.05, 4.69) is 21.9 Å². The normalized spacial score (nSPS) is 22.6. The van der Waals surface area contributed by atoms with E-state index in [0.29, 0.717) is 18.6 Å². The maximum atomic E-state index is 6.21. The van der Waals surface area contributed by atoms with Crippen LogP contribution in [-0.4, -0.2) is 27.7 Å². The fourth-order valence-electron chi connectivity index (χ4n) is 3.30. The molecule has 0 bridgehead atoms. The highest BCUT2D eigenvalue weighted by atomic mass is 32.2.